The molecule has 0 saturated heterocycles. The average Bonchev–Trinajstić information content (AvgIpc) is 2.15. The van der Waals surface area contributed by atoms with E-state index in [9.17, 15) is 0 Å². The van der Waals surface area contributed by atoms with E-state index >= 15 is 0 Å². The summed E-state index contributed by atoms with van der Waals surface area (Å²) in [6.07, 6.45) is 2.46. The highest BCUT2D eigenvalue weighted by atomic mass is 14.3. The minimum absolute atomic E-state index is 0.294. The molecule has 0 spiro atoms. The van der Waals surface area contributed by atoms with Gasteiger partial charge in [-0.05, 0) is 23.5 Å². The van der Waals surface area contributed by atoms with Crippen molar-refractivity contribution in [2.45, 2.75) is 52.9 Å². The fourth-order valence-electron chi connectivity index (χ4n) is 2.03. The molecular weight excluding hydrogens is 180 g/mol. The highest BCUT2D eigenvalue weighted by Crippen LogP contribution is 2.32. The molecule has 15 heavy (non-hydrogen) atoms. The Labute approximate surface area is 94.7 Å². The van der Waals surface area contributed by atoms with E-state index in [0.717, 1.165) is 0 Å². The van der Waals surface area contributed by atoms with Crippen LogP contribution in [0.1, 0.15) is 51.7 Å². The molecule has 0 aliphatic heterocycles. The topological polar surface area (TPSA) is 0 Å². The van der Waals surface area contributed by atoms with Gasteiger partial charge in [-0.1, -0.05) is 44.5 Å². The predicted molar refractivity (Wildman–Crippen MR) is 68.0 cm³/mol. The summed E-state index contributed by atoms with van der Waals surface area (Å²) < 4.78 is 0. The van der Waals surface area contributed by atoms with Crippen LogP contribution in [0.15, 0.2) is 24.3 Å². The first-order valence-electron chi connectivity index (χ1n) is 5.78. The zero-order valence-corrected chi connectivity index (χ0v) is 10.7. The summed E-state index contributed by atoms with van der Waals surface area (Å²) in [6, 6.07) is 8.73. The van der Waals surface area contributed by atoms with Gasteiger partial charge in [-0.25, -0.2) is 0 Å². The van der Waals surface area contributed by atoms with Crippen molar-refractivity contribution in [2.24, 2.45) is 0 Å². The second-order valence-corrected chi connectivity index (χ2v) is 5.41. The Hall–Kier alpha value is -0.780. The molecule has 0 atom stereocenters. The molecule has 0 heterocycles. The fraction of sp³-hybridized carbons (Fsp3) is 0.533. The monoisotopic (exact) mass is 203 g/mol. The van der Waals surface area contributed by atoms with Crippen molar-refractivity contribution in [1.29, 1.82) is 0 Å². The third-order valence-electron chi connectivity index (χ3n) is 3.12. The Morgan fingerprint density at radius 2 is 1.73 bits per heavy atom. The lowest BCUT2D eigenvalue weighted by Gasteiger charge is -2.31. The van der Waals surface area contributed by atoms with Gasteiger partial charge in [0.25, 0.3) is 0 Å². The first-order valence-corrected chi connectivity index (χ1v) is 5.78. The summed E-state index contributed by atoms with van der Waals surface area (Å²) in [5.74, 6) is 1.52. The summed E-state index contributed by atoms with van der Waals surface area (Å²) >= 11 is 0. The molecule has 0 amide bonds. The lowest BCUT2D eigenvalue weighted by molar-refractivity contribution is 0.464. The van der Waals surface area contributed by atoms with Gasteiger partial charge in [-0.3, -0.25) is 0 Å². The van der Waals surface area contributed by atoms with Crippen molar-refractivity contribution in [3.05, 3.63) is 41.3 Å². The molecule has 0 aromatic heterocycles. The normalized spacial score (nSPS) is 12.1. The largest absolute Gasteiger partial charge is 0.320 e. The Kier molecular flexibility index (Phi) is 3.96. The van der Waals surface area contributed by atoms with E-state index in [4.69, 9.17) is 0 Å². The van der Waals surface area contributed by atoms with E-state index < -0.39 is 0 Å². The van der Waals surface area contributed by atoms with Crippen LogP contribution >= 0.6 is 0 Å². The van der Waals surface area contributed by atoms with Gasteiger partial charge in [0, 0.05) is 0 Å². The van der Waals surface area contributed by atoms with E-state index in [0.29, 0.717) is 5.41 Å². The second kappa shape index (κ2) is 4.83. The summed E-state index contributed by atoms with van der Waals surface area (Å²) in [6.45, 7) is 11.3. The molecule has 0 N–H and O–H groups in total. The van der Waals surface area contributed by atoms with E-state index in [2.05, 4.69) is 58.9 Å². The van der Waals surface area contributed by atoms with E-state index in [-0.39, 0.29) is 0 Å². The van der Waals surface area contributed by atoms with Crippen LogP contribution in [0, 0.1) is 12.8 Å². The number of hydrogen-bond donors (Lipinski definition) is 0. The molecule has 0 fully saturated rings. The highest BCUT2D eigenvalue weighted by molar-refractivity contribution is 5.32. The maximum atomic E-state index is 2.35. The first-order chi connectivity index (χ1) is 6.93. The van der Waals surface area contributed by atoms with E-state index in [1.165, 1.54) is 29.9 Å². The van der Waals surface area contributed by atoms with Crippen LogP contribution in [0.4, 0.5) is 0 Å². The Bertz CT molecular complexity index is 308. The third-order valence-corrected chi connectivity index (χ3v) is 3.12. The van der Waals surface area contributed by atoms with Crippen LogP contribution in [-0.4, -0.2) is 0 Å². The molecule has 0 aliphatic rings. The zero-order chi connectivity index (χ0) is 11.5. The van der Waals surface area contributed by atoms with Crippen molar-refractivity contribution >= 4 is 0 Å². The summed E-state index contributed by atoms with van der Waals surface area (Å²) in [7, 11) is 0. The van der Waals surface area contributed by atoms with Crippen LogP contribution in [0.5, 0.6) is 0 Å². The molecule has 1 aromatic carbocycles. The molecule has 0 saturated carbocycles. The van der Waals surface area contributed by atoms with Crippen molar-refractivity contribution in [2.75, 3.05) is 0 Å². The summed E-state index contributed by atoms with van der Waals surface area (Å²) in [5, 5.41) is 0. The fourth-order valence-corrected chi connectivity index (χ4v) is 2.03. The quantitative estimate of drug-likeness (QED) is 0.624. The summed E-state index contributed by atoms with van der Waals surface area (Å²) in [4.78, 5) is 0. The predicted octanol–water partition coefficient (Wildman–Crippen LogP) is 4.67. The van der Waals surface area contributed by atoms with Gasteiger partial charge in [0.2, 0.25) is 0 Å². The van der Waals surface area contributed by atoms with Crippen LogP contribution in [0.2, 0.25) is 0 Å². The molecule has 0 bridgehead atoms. The molecule has 0 unspecified atom stereocenters. The number of hydrogen-bond acceptors (Lipinski definition) is 0. The first kappa shape index (κ1) is 12.3. The zero-order valence-electron chi connectivity index (χ0n) is 10.7. The van der Waals surface area contributed by atoms with Crippen molar-refractivity contribution < 1.29 is 0 Å². The van der Waals surface area contributed by atoms with Gasteiger partial charge in [0.05, 0.1) is 0 Å². The molecule has 0 radical (unpaired) electrons. The Morgan fingerprint density at radius 1 is 1.13 bits per heavy atom. The molecule has 84 valence electrons. The van der Waals surface area contributed by atoms with E-state index in [1.54, 1.807) is 0 Å². The second-order valence-electron chi connectivity index (χ2n) is 5.41. The minimum atomic E-state index is 0.294. The maximum Gasteiger partial charge on any atom is -0.0125 e. The van der Waals surface area contributed by atoms with Crippen LogP contribution in [0.3, 0.4) is 0 Å². The molecule has 1 rings (SSSR count). The lowest BCUT2D eigenvalue weighted by atomic mass is 9.77. The molecule has 0 heteroatoms. The van der Waals surface area contributed by atoms with Gasteiger partial charge < -0.3 is 5.92 Å². The Balaban J connectivity index is 2.81. The number of benzene rings is 1. The lowest BCUT2D eigenvalue weighted by Crippen LogP contribution is -2.19. The molecule has 0 aliphatic carbocycles. The average molecular weight is 203 g/mol. The van der Waals surface area contributed by atoms with Gasteiger partial charge >= 0.3 is 0 Å². The van der Waals surface area contributed by atoms with Crippen molar-refractivity contribution in [3.8, 4) is 0 Å². The van der Waals surface area contributed by atoms with Gasteiger partial charge in [0.15, 0.2) is 0 Å². The van der Waals surface area contributed by atoms with Crippen molar-refractivity contribution in [3.63, 3.8) is 0 Å². The number of rotatable bonds is 4. The highest BCUT2D eigenvalue weighted by Gasteiger charge is 2.20. The Morgan fingerprint density at radius 3 is 2.27 bits per heavy atom. The van der Waals surface area contributed by atoms with Crippen LogP contribution in [-0.2, 0) is 5.41 Å². The molecule has 1 aromatic rings. The van der Waals surface area contributed by atoms with Crippen LogP contribution in [0.25, 0.3) is 0 Å². The SMILES string of the molecule is Cc1ccccc1C(C)(C)CC[C-](C)C. The molecule has 0 nitrogen and oxygen atoms in total. The van der Waals surface area contributed by atoms with Gasteiger partial charge in [0.1, 0.15) is 0 Å². The van der Waals surface area contributed by atoms with Crippen molar-refractivity contribution in [1.82, 2.24) is 0 Å². The van der Waals surface area contributed by atoms with Crippen LogP contribution < -0.4 is 0 Å². The third kappa shape index (κ3) is 3.37. The smallest absolute Gasteiger partial charge is 0.0125 e. The van der Waals surface area contributed by atoms with Gasteiger partial charge in [-0.15, -0.1) is 0 Å². The molecular formula is C15H23-. The summed E-state index contributed by atoms with van der Waals surface area (Å²) in [5.41, 5.74) is 3.20. The van der Waals surface area contributed by atoms with Gasteiger partial charge in [-0.2, -0.15) is 20.3 Å². The number of aryl methyl sites for hydroxylation is 1. The standard InChI is InChI=1S/C15H23/c1-12(2)10-11-15(4,5)14-9-7-6-8-13(14)3/h6-9H,10-11H2,1-5H3/q-1. The van der Waals surface area contributed by atoms with E-state index in [1.807, 2.05) is 0 Å². The minimum Gasteiger partial charge on any atom is -0.320 e. The maximum absolute atomic E-state index is 2.35.